The number of hydrogen-bond donors (Lipinski definition) is 4. The largest absolute Gasteiger partial charge is 0.394 e. The summed E-state index contributed by atoms with van der Waals surface area (Å²) in [5.74, 6) is -1.26. The highest BCUT2D eigenvalue weighted by molar-refractivity contribution is 5.86. The number of aliphatic hydroxyl groups excluding tert-OH is 2. The lowest BCUT2D eigenvalue weighted by Gasteiger charge is -2.21. The van der Waals surface area contributed by atoms with Gasteiger partial charge in [-0.1, -0.05) is 36.4 Å². The standard InChI is InChI=1S/C20H30N2O5/c1-3-7-17(10-19(25)21-15(2)11-23)20(26)22-18(12-24)14-27-13-16-8-5-4-6-9-16/h3-6,8-9,15,17-18,23-24H,1,7,10-14H2,2H3,(H,21,25)(H,22,26)/t15-,17+,18+/m0/s1. The van der Waals surface area contributed by atoms with Crippen LogP contribution in [-0.4, -0.2) is 53.9 Å². The van der Waals surface area contributed by atoms with Gasteiger partial charge in [-0.05, 0) is 18.9 Å². The number of nitrogens with one attached hydrogen (secondary N) is 2. The molecule has 0 aliphatic heterocycles. The van der Waals surface area contributed by atoms with Crippen LogP contribution >= 0.6 is 0 Å². The van der Waals surface area contributed by atoms with E-state index in [1.54, 1.807) is 13.0 Å². The van der Waals surface area contributed by atoms with E-state index < -0.39 is 12.0 Å². The van der Waals surface area contributed by atoms with Crippen molar-refractivity contribution in [1.82, 2.24) is 10.6 Å². The predicted molar refractivity (Wildman–Crippen MR) is 103 cm³/mol. The fourth-order valence-electron chi connectivity index (χ4n) is 2.44. The van der Waals surface area contributed by atoms with Crippen molar-refractivity contribution in [2.24, 2.45) is 5.92 Å². The maximum Gasteiger partial charge on any atom is 0.224 e. The number of hydrogen-bond acceptors (Lipinski definition) is 5. The van der Waals surface area contributed by atoms with Crippen molar-refractivity contribution in [2.75, 3.05) is 19.8 Å². The highest BCUT2D eigenvalue weighted by Crippen LogP contribution is 2.11. The Hall–Kier alpha value is -2.22. The minimum absolute atomic E-state index is 0.0226. The Kier molecular flexibility index (Phi) is 11.0. The summed E-state index contributed by atoms with van der Waals surface area (Å²) in [6.07, 6.45) is 1.88. The zero-order chi connectivity index (χ0) is 20.1. The number of carbonyl (C=O) groups is 2. The SMILES string of the molecule is C=CC[C@H](CC(=O)N[C@@H](C)CO)C(=O)N[C@H](CO)COCc1ccccc1. The molecule has 0 fully saturated rings. The maximum absolute atomic E-state index is 12.5. The second kappa shape index (κ2) is 13.0. The van der Waals surface area contributed by atoms with Crippen LogP contribution in [0.1, 0.15) is 25.3 Å². The molecule has 1 rings (SSSR count). The van der Waals surface area contributed by atoms with Gasteiger partial charge in [0.15, 0.2) is 0 Å². The summed E-state index contributed by atoms with van der Waals surface area (Å²) in [5.41, 5.74) is 1.000. The van der Waals surface area contributed by atoms with Gasteiger partial charge in [0.25, 0.3) is 0 Å². The molecule has 7 nitrogen and oxygen atoms in total. The molecule has 0 saturated carbocycles. The maximum atomic E-state index is 12.5. The Morgan fingerprint density at radius 2 is 1.89 bits per heavy atom. The zero-order valence-corrected chi connectivity index (χ0v) is 15.8. The molecule has 7 heteroatoms. The lowest BCUT2D eigenvalue weighted by molar-refractivity contribution is -0.131. The van der Waals surface area contributed by atoms with E-state index >= 15 is 0 Å². The molecule has 0 bridgehead atoms. The molecule has 27 heavy (non-hydrogen) atoms. The highest BCUT2D eigenvalue weighted by Gasteiger charge is 2.23. The van der Waals surface area contributed by atoms with E-state index in [0.29, 0.717) is 13.0 Å². The molecule has 3 atom stereocenters. The van der Waals surface area contributed by atoms with Crippen molar-refractivity contribution in [3.8, 4) is 0 Å². The lowest BCUT2D eigenvalue weighted by Crippen LogP contribution is -2.45. The van der Waals surface area contributed by atoms with Crippen molar-refractivity contribution >= 4 is 11.8 Å². The zero-order valence-electron chi connectivity index (χ0n) is 15.8. The molecule has 0 aliphatic rings. The first-order chi connectivity index (χ1) is 13.0. The number of carbonyl (C=O) groups excluding carboxylic acids is 2. The first kappa shape index (κ1) is 22.8. The summed E-state index contributed by atoms with van der Waals surface area (Å²) >= 11 is 0. The van der Waals surface area contributed by atoms with Crippen molar-refractivity contribution < 1.29 is 24.5 Å². The van der Waals surface area contributed by atoms with Gasteiger partial charge in [0.05, 0.1) is 38.4 Å². The van der Waals surface area contributed by atoms with Crippen molar-refractivity contribution in [2.45, 2.75) is 38.5 Å². The third kappa shape index (κ3) is 9.33. The smallest absolute Gasteiger partial charge is 0.224 e. The van der Waals surface area contributed by atoms with Crippen molar-refractivity contribution in [1.29, 1.82) is 0 Å². The van der Waals surface area contributed by atoms with E-state index in [-0.39, 0.29) is 44.1 Å². The molecule has 0 heterocycles. The first-order valence-electron chi connectivity index (χ1n) is 9.04. The van der Waals surface area contributed by atoms with Gasteiger partial charge in [0.2, 0.25) is 11.8 Å². The van der Waals surface area contributed by atoms with Crippen LogP contribution in [0.3, 0.4) is 0 Å². The Balaban J connectivity index is 2.50. The summed E-state index contributed by atoms with van der Waals surface area (Å²) in [5, 5.41) is 23.8. The highest BCUT2D eigenvalue weighted by atomic mass is 16.5. The van der Waals surface area contributed by atoms with Gasteiger partial charge < -0.3 is 25.6 Å². The van der Waals surface area contributed by atoms with Gasteiger partial charge in [-0.25, -0.2) is 0 Å². The molecular weight excluding hydrogens is 348 g/mol. The Bertz CT molecular complexity index is 579. The number of ether oxygens (including phenoxy) is 1. The predicted octanol–water partition coefficient (Wildman–Crippen LogP) is 0.760. The summed E-state index contributed by atoms with van der Waals surface area (Å²) < 4.78 is 5.56. The van der Waals surface area contributed by atoms with E-state index in [1.165, 1.54) is 0 Å². The third-order valence-corrected chi connectivity index (χ3v) is 3.93. The molecule has 0 spiro atoms. The molecule has 1 aromatic rings. The molecule has 150 valence electrons. The second-order valence-electron chi connectivity index (χ2n) is 6.47. The fraction of sp³-hybridized carbons (Fsp3) is 0.500. The van der Waals surface area contributed by atoms with Gasteiger partial charge >= 0.3 is 0 Å². The van der Waals surface area contributed by atoms with E-state index in [1.807, 2.05) is 30.3 Å². The number of amides is 2. The molecule has 0 aliphatic carbocycles. The van der Waals surface area contributed by atoms with Crippen LogP contribution < -0.4 is 10.6 Å². The summed E-state index contributed by atoms with van der Waals surface area (Å²) in [6.45, 7) is 5.40. The second-order valence-corrected chi connectivity index (χ2v) is 6.47. The molecule has 0 saturated heterocycles. The van der Waals surface area contributed by atoms with Crippen LogP contribution in [0.25, 0.3) is 0 Å². The number of aliphatic hydroxyl groups is 2. The third-order valence-electron chi connectivity index (χ3n) is 3.93. The Labute approximate surface area is 160 Å². The minimum Gasteiger partial charge on any atom is -0.394 e. The summed E-state index contributed by atoms with van der Waals surface area (Å²) in [7, 11) is 0. The monoisotopic (exact) mass is 378 g/mol. The van der Waals surface area contributed by atoms with Crippen LogP contribution in [0.2, 0.25) is 0 Å². The van der Waals surface area contributed by atoms with Crippen LogP contribution in [0.5, 0.6) is 0 Å². The quantitative estimate of drug-likeness (QED) is 0.379. The number of allylic oxidation sites excluding steroid dienone is 1. The number of rotatable bonds is 13. The molecular formula is C20H30N2O5. The molecule has 0 unspecified atom stereocenters. The van der Waals surface area contributed by atoms with Crippen molar-refractivity contribution in [3.63, 3.8) is 0 Å². The van der Waals surface area contributed by atoms with Gasteiger partial charge in [-0.15, -0.1) is 6.58 Å². The van der Waals surface area contributed by atoms with Crippen LogP contribution in [0.4, 0.5) is 0 Å². The average Bonchev–Trinajstić information content (AvgIpc) is 2.67. The van der Waals surface area contributed by atoms with Gasteiger partial charge in [-0.3, -0.25) is 9.59 Å². The fourth-order valence-corrected chi connectivity index (χ4v) is 2.44. The van der Waals surface area contributed by atoms with Gasteiger partial charge in [0, 0.05) is 12.5 Å². The first-order valence-corrected chi connectivity index (χ1v) is 9.04. The average molecular weight is 378 g/mol. The summed E-state index contributed by atoms with van der Waals surface area (Å²) in [6, 6.07) is 8.66. The molecule has 0 radical (unpaired) electrons. The normalized spacial score (nSPS) is 14.0. The molecule has 0 aromatic heterocycles. The Morgan fingerprint density at radius 1 is 1.19 bits per heavy atom. The lowest BCUT2D eigenvalue weighted by atomic mass is 9.99. The van der Waals surface area contributed by atoms with E-state index in [9.17, 15) is 14.7 Å². The topological polar surface area (TPSA) is 108 Å². The number of benzene rings is 1. The Morgan fingerprint density at radius 3 is 2.48 bits per heavy atom. The van der Waals surface area contributed by atoms with Crippen molar-refractivity contribution in [3.05, 3.63) is 48.6 Å². The van der Waals surface area contributed by atoms with E-state index in [2.05, 4.69) is 17.2 Å². The van der Waals surface area contributed by atoms with Gasteiger partial charge in [0.1, 0.15) is 0 Å². The van der Waals surface area contributed by atoms with Crippen LogP contribution in [0.15, 0.2) is 43.0 Å². The van der Waals surface area contributed by atoms with E-state index in [4.69, 9.17) is 9.84 Å². The van der Waals surface area contributed by atoms with Crippen LogP contribution in [-0.2, 0) is 20.9 Å². The van der Waals surface area contributed by atoms with Crippen LogP contribution in [0, 0.1) is 5.92 Å². The van der Waals surface area contributed by atoms with Gasteiger partial charge in [-0.2, -0.15) is 0 Å². The molecule has 2 amide bonds. The van der Waals surface area contributed by atoms with E-state index in [0.717, 1.165) is 5.56 Å². The molecule has 4 N–H and O–H groups in total. The minimum atomic E-state index is -0.600. The summed E-state index contributed by atoms with van der Waals surface area (Å²) in [4.78, 5) is 24.4. The molecule has 1 aromatic carbocycles.